The summed E-state index contributed by atoms with van der Waals surface area (Å²) in [7, 11) is 0. The zero-order valence-corrected chi connectivity index (χ0v) is 8.02. The maximum absolute atomic E-state index is 4.00. The van der Waals surface area contributed by atoms with Crippen LogP contribution in [0.15, 0.2) is 23.3 Å². The van der Waals surface area contributed by atoms with E-state index in [4.69, 9.17) is 0 Å². The molecule has 0 aromatic rings. The Balaban J connectivity index is 0. The minimum atomic E-state index is 1.16. The second-order valence-electron chi connectivity index (χ2n) is 2.32. The smallest absolute Gasteiger partial charge is 0.0346 e. The van der Waals surface area contributed by atoms with Crippen LogP contribution in [0, 0.1) is 12.8 Å². The summed E-state index contributed by atoms with van der Waals surface area (Å²) >= 11 is 0. The van der Waals surface area contributed by atoms with Gasteiger partial charge in [-0.05, 0) is 27.2 Å². The van der Waals surface area contributed by atoms with Crippen molar-refractivity contribution in [1.29, 1.82) is 0 Å². The van der Waals surface area contributed by atoms with Gasteiger partial charge < -0.3 is 0 Å². The molecule has 0 aliphatic heterocycles. The van der Waals surface area contributed by atoms with Crippen LogP contribution >= 0.6 is 0 Å². The van der Waals surface area contributed by atoms with E-state index in [9.17, 15) is 0 Å². The summed E-state index contributed by atoms with van der Waals surface area (Å²) in [5.74, 6) is 0. The zero-order valence-electron chi connectivity index (χ0n) is 8.02. The molecule has 0 spiro atoms. The third-order valence-electron chi connectivity index (χ3n) is 1.62. The van der Waals surface area contributed by atoms with Crippen LogP contribution in [0.25, 0.3) is 0 Å². The number of rotatable bonds is 2. The van der Waals surface area contributed by atoms with Crippen molar-refractivity contribution in [2.75, 3.05) is 0 Å². The van der Waals surface area contributed by atoms with E-state index < -0.39 is 0 Å². The highest BCUT2D eigenvalue weighted by molar-refractivity contribution is 5.21. The Labute approximate surface area is 71.0 Å². The van der Waals surface area contributed by atoms with Gasteiger partial charge >= 0.3 is 0 Å². The molecule has 0 heteroatoms. The summed E-state index contributed by atoms with van der Waals surface area (Å²) in [6, 6.07) is 0. The molecule has 0 aliphatic rings. The molecule has 0 saturated heterocycles. The van der Waals surface area contributed by atoms with E-state index in [0.717, 1.165) is 6.42 Å². The lowest BCUT2D eigenvalue weighted by molar-refractivity contribution is 1.07. The Kier molecular flexibility index (Phi) is 10.4. The van der Waals surface area contributed by atoms with Crippen molar-refractivity contribution < 1.29 is 0 Å². The molecule has 0 heterocycles. The highest BCUT2D eigenvalue weighted by atomic mass is 13.9. The number of allylic oxidation sites excluding steroid dienone is 4. The summed E-state index contributed by atoms with van der Waals surface area (Å²) < 4.78 is 0. The molecule has 0 aromatic heterocycles. The second kappa shape index (κ2) is 9.04. The molecule has 0 fully saturated rings. The average Bonchev–Trinajstić information content (AvgIpc) is 2.07. The maximum atomic E-state index is 4.00. The van der Waals surface area contributed by atoms with Gasteiger partial charge in [-0.1, -0.05) is 30.2 Å². The summed E-state index contributed by atoms with van der Waals surface area (Å²) in [6.07, 6.45) is 13.4. The van der Waals surface area contributed by atoms with Gasteiger partial charge in [-0.15, -0.1) is 12.8 Å². The lowest BCUT2D eigenvalue weighted by Crippen LogP contribution is -1.76. The van der Waals surface area contributed by atoms with Gasteiger partial charge in [0.15, 0.2) is 0 Å². The first-order chi connectivity index (χ1) is 5.22. The van der Waals surface area contributed by atoms with Crippen LogP contribution in [-0.2, 0) is 0 Å². The van der Waals surface area contributed by atoms with Crippen LogP contribution in [-0.4, -0.2) is 0 Å². The first-order valence-electron chi connectivity index (χ1n) is 3.84. The van der Waals surface area contributed by atoms with E-state index in [1.165, 1.54) is 11.1 Å². The van der Waals surface area contributed by atoms with Gasteiger partial charge in [0.05, 0.1) is 0 Å². The minimum absolute atomic E-state index is 1.16. The highest BCUT2D eigenvalue weighted by Gasteiger charge is 1.86. The Morgan fingerprint density at radius 2 is 1.73 bits per heavy atom. The minimum Gasteiger partial charge on any atom is -0.124 e. The van der Waals surface area contributed by atoms with E-state index in [1.807, 2.05) is 6.92 Å². The molecule has 0 amide bonds. The molecule has 0 radical (unpaired) electrons. The van der Waals surface area contributed by atoms with E-state index in [0.29, 0.717) is 0 Å². The fourth-order valence-corrected chi connectivity index (χ4v) is 0.671. The zero-order chi connectivity index (χ0) is 9.28. The van der Waals surface area contributed by atoms with E-state index >= 15 is 0 Å². The molecule has 0 rings (SSSR count). The van der Waals surface area contributed by atoms with Crippen LogP contribution in [0.2, 0.25) is 0 Å². The Bertz CT molecular complexity index is 156. The molecule has 0 bridgehead atoms. The fraction of sp³-hybridized carbons (Fsp3) is 0.455. The van der Waals surface area contributed by atoms with Crippen molar-refractivity contribution in [3.8, 4) is 12.8 Å². The van der Waals surface area contributed by atoms with Crippen LogP contribution in [0.5, 0.6) is 0 Å². The lowest BCUT2D eigenvalue weighted by atomic mass is 10.1. The third kappa shape index (κ3) is 6.93. The predicted octanol–water partition coefficient (Wildman–Crippen LogP) is 3.56. The van der Waals surface area contributed by atoms with Gasteiger partial charge in [-0.3, -0.25) is 0 Å². The molecule has 0 N–H and O–H groups in total. The molecule has 0 atom stereocenters. The van der Waals surface area contributed by atoms with Crippen molar-refractivity contribution in [2.45, 2.75) is 34.1 Å². The van der Waals surface area contributed by atoms with Crippen molar-refractivity contribution in [3.05, 3.63) is 23.3 Å². The highest BCUT2D eigenvalue weighted by Crippen LogP contribution is 2.07. The number of hydrogen-bond acceptors (Lipinski definition) is 0. The average molecular weight is 150 g/mol. The van der Waals surface area contributed by atoms with Crippen molar-refractivity contribution in [2.24, 2.45) is 0 Å². The largest absolute Gasteiger partial charge is 0.124 e. The first-order valence-corrected chi connectivity index (χ1v) is 3.84. The summed E-state index contributed by atoms with van der Waals surface area (Å²) in [5.41, 5.74) is 2.88. The second-order valence-corrected chi connectivity index (χ2v) is 2.32. The van der Waals surface area contributed by atoms with Gasteiger partial charge in [0.1, 0.15) is 0 Å². The molecule has 0 aromatic carbocycles. The van der Waals surface area contributed by atoms with Gasteiger partial charge in [-0.25, -0.2) is 0 Å². The fourth-order valence-electron chi connectivity index (χ4n) is 0.671. The van der Waals surface area contributed by atoms with Gasteiger partial charge in [0, 0.05) is 0 Å². The van der Waals surface area contributed by atoms with Crippen LogP contribution in [0.3, 0.4) is 0 Å². The first kappa shape index (κ1) is 12.7. The van der Waals surface area contributed by atoms with Crippen LogP contribution in [0.1, 0.15) is 34.1 Å². The van der Waals surface area contributed by atoms with E-state index in [-0.39, 0.29) is 0 Å². The predicted molar refractivity (Wildman–Crippen MR) is 53.4 cm³/mol. The molecule has 0 unspecified atom stereocenters. The standard InChI is InChI=1S/C9H16.C2H2/c1-5-7-9(4)8(3)6-2;1-2/h5,7H,6H2,1-4H3;1-2H/b7-5-,9-8-;. The van der Waals surface area contributed by atoms with Crippen LogP contribution in [0.4, 0.5) is 0 Å². The third-order valence-corrected chi connectivity index (χ3v) is 1.62. The van der Waals surface area contributed by atoms with E-state index in [2.05, 4.69) is 45.8 Å². The number of terminal acetylenes is 1. The Morgan fingerprint density at radius 1 is 1.27 bits per heavy atom. The Morgan fingerprint density at radius 3 is 2.00 bits per heavy atom. The molecule has 62 valence electrons. The van der Waals surface area contributed by atoms with Crippen LogP contribution < -0.4 is 0 Å². The molecule has 0 saturated carbocycles. The summed E-state index contributed by atoms with van der Waals surface area (Å²) in [5, 5.41) is 0. The SMILES string of the molecule is C#C.C/C=C\C(C)=C(\C)CC. The van der Waals surface area contributed by atoms with Gasteiger partial charge in [0.25, 0.3) is 0 Å². The quantitative estimate of drug-likeness (QED) is 0.417. The Hall–Kier alpha value is -0.960. The summed E-state index contributed by atoms with van der Waals surface area (Å²) in [4.78, 5) is 0. The normalized spacial score (nSPS) is 11.8. The maximum Gasteiger partial charge on any atom is -0.0346 e. The molecular weight excluding hydrogens is 132 g/mol. The number of hydrogen-bond donors (Lipinski definition) is 0. The van der Waals surface area contributed by atoms with Crippen molar-refractivity contribution >= 4 is 0 Å². The molecule has 0 aliphatic carbocycles. The van der Waals surface area contributed by atoms with E-state index in [1.54, 1.807) is 0 Å². The monoisotopic (exact) mass is 150 g/mol. The lowest BCUT2D eigenvalue weighted by Gasteiger charge is -1.97. The molecule has 0 nitrogen and oxygen atoms in total. The molecular formula is C11H18. The van der Waals surface area contributed by atoms with Gasteiger partial charge in [0.2, 0.25) is 0 Å². The van der Waals surface area contributed by atoms with Gasteiger partial charge in [-0.2, -0.15) is 0 Å². The van der Waals surface area contributed by atoms with Crippen molar-refractivity contribution in [3.63, 3.8) is 0 Å². The topological polar surface area (TPSA) is 0 Å². The molecule has 11 heavy (non-hydrogen) atoms. The summed E-state index contributed by atoms with van der Waals surface area (Å²) in [6.45, 7) is 8.56. The van der Waals surface area contributed by atoms with Crippen molar-refractivity contribution in [1.82, 2.24) is 0 Å².